The number of ether oxygens (including phenoxy) is 2. The van der Waals surface area contributed by atoms with Crippen molar-refractivity contribution in [2.75, 3.05) is 17.3 Å². The Morgan fingerprint density at radius 2 is 1.69 bits per heavy atom. The molecule has 1 N–H and O–H groups in total. The number of aryl methyl sites for hydroxylation is 1. The molecule has 0 spiro atoms. The molecule has 6 heteroatoms. The summed E-state index contributed by atoms with van der Waals surface area (Å²) in [5, 5.41) is 4.21. The number of benzene rings is 4. The Hall–Kier alpha value is -3.96. The lowest BCUT2D eigenvalue weighted by Crippen LogP contribution is -2.43. The Kier molecular flexibility index (Phi) is 6.34. The molecule has 0 aliphatic carbocycles. The second kappa shape index (κ2) is 9.72. The van der Waals surface area contributed by atoms with Crippen LogP contribution in [-0.4, -0.2) is 13.0 Å². The standard InChI is InChI=1S/C29H25ClN2O3/c1-19-7-12-23(13-8-19)32-28(31-26-6-4-3-5-25(26)29(32)33)20-9-16-27(34-2)21(17-20)18-35-24-14-10-22(30)11-15-24/h3-17,28,31H,18H2,1-2H3/t28-/m0/s1. The molecule has 1 aliphatic heterocycles. The molecule has 4 aromatic rings. The average Bonchev–Trinajstić information content (AvgIpc) is 2.89. The fraction of sp³-hybridized carbons (Fsp3) is 0.138. The number of halogens is 1. The summed E-state index contributed by atoms with van der Waals surface area (Å²) in [6.07, 6.45) is -0.403. The molecule has 1 atom stereocenters. The zero-order chi connectivity index (χ0) is 24.4. The maximum absolute atomic E-state index is 13.7. The molecule has 176 valence electrons. The van der Waals surface area contributed by atoms with Crippen LogP contribution in [0.2, 0.25) is 5.02 Å². The molecule has 1 aliphatic rings. The number of para-hydroxylation sites is 1. The molecule has 0 saturated carbocycles. The van der Waals surface area contributed by atoms with E-state index >= 15 is 0 Å². The average molecular weight is 485 g/mol. The van der Waals surface area contributed by atoms with Crippen molar-refractivity contribution in [2.45, 2.75) is 19.7 Å². The number of rotatable bonds is 6. The molecule has 35 heavy (non-hydrogen) atoms. The van der Waals surface area contributed by atoms with Crippen molar-refractivity contribution < 1.29 is 14.3 Å². The van der Waals surface area contributed by atoms with Gasteiger partial charge >= 0.3 is 0 Å². The van der Waals surface area contributed by atoms with E-state index in [4.69, 9.17) is 21.1 Å². The van der Waals surface area contributed by atoms with Crippen molar-refractivity contribution in [1.82, 2.24) is 0 Å². The van der Waals surface area contributed by atoms with E-state index in [0.29, 0.717) is 28.7 Å². The minimum absolute atomic E-state index is 0.0528. The van der Waals surface area contributed by atoms with Crippen molar-refractivity contribution in [3.8, 4) is 11.5 Å². The summed E-state index contributed by atoms with van der Waals surface area (Å²) in [7, 11) is 1.64. The number of hydrogen-bond acceptors (Lipinski definition) is 4. The van der Waals surface area contributed by atoms with Crippen LogP contribution >= 0.6 is 11.6 Å². The van der Waals surface area contributed by atoms with E-state index in [2.05, 4.69) is 5.32 Å². The number of nitrogens with zero attached hydrogens (tertiary/aromatic N) is 1. The van der Waals surface area contributed by atoms with Crippen LogP contribution in [0.4, 0.5) is 11.4 Å². The van der Waals surface area contributed by atoms with Crippen molar-refractivity contribution in [3.05, 3.63) is 118 Å². The number of nitrogens with one attached hydrogen (secondary N) is 1. The largest absolute Gasteiger partial charge is 0.496 e. The lowest BCUT2D eigenvalue weighted by molar-refractivity contribution is 0.0975. The number of hydrogen-bond donors (Lipinski definition) is 1. The first-order chi connectivity index (χ1) is 17.0. The van der Waals surface area contributed by atoms with Crippen molar-refractivity contribution in [2.24, 2.45) is 0 Å². The van der Waals surface area contributed by atoms with Gasteiger partial charge < -0.3 is 14.8 Å². The van der Waals surface area contributed by atoms with Crippen LogP contribution in [0.25, 0.3) is 0 Å². The van der Waals surface area contributed by atoms with Gasteiger partial charge in [0.2, 0.25) is 0 Å². The van der Waals surface area contributed by atoms with E-state index < -0.39 is 6.17 Å². The van der Waals surface area contributed by atoms with Crippen molar-refractivity contribution in [1.29, 1.82) is 0 Å². The molecule has 0 radical (unpaired) electrons. The molecular formula is C29H25ClN2O3. The van der Waals surface area contributed by atoms with Crippen LogP contribution in [0.1, 0.15) is 33.2 Å². The van der Waals surface area contributed by atoms with Gasteiger partial charge in [0.15, 0.2) is 0 Å². The highest BCUT2D eigenvalue weighted by Crippen LogP contribution is 2.38. The monoisotopic (exact) mass is 484 g/mol. The zero-order valence-corrected chi connectivity index (χ0v) is 20.3. The van der Waals surface area contributed by atoms with E-state index in [1.54, 1.807) is 24.1 Å². The first-order valence-corrected chi connectivity index (χ1v) is 11.7. The van der Waals surface area contributed by atoms with Crippen LogP contribution in [0.5, 0.6) is 11.5 Å². The van der Waals surface area contributed by atoms with Gasteiger partial charge in [-0.25, -0.2) is 0 Å². The summed E-state index contributed by atoms with van der Waals surface area (Å²) >= 11 is 5.99. The summed E-state index contributed by atoms with van der Waals surface area (Å²) in [5.41, 5.74) is 5.20. The van der Waals surface area contributed by atoms with Gasteiger partial charge in [-0.05, 0) is 73.2 Å². The van der Waals surface area contributed by atoms with Crippen LogP contribution in [0.3, 0.4) is 0 Å². The Morgan fingerprint density at radius 1 is 0.943 bits per heavy atom. The second-order valence-corrected chi connectivity index (χ2v) is 8.85. The van der Waals surface area contributed by atoms with Gasteiger partial charge in [0.25, 0.3) is 5.91 Å². The maximum atomic E-state index is 13.7. The molecule has 5 nitrogen and oxygen atoms in total. The lowest BCUT2D eigenvalue weighted by atomic mass is 10.0. The molecule has 1 heterocycles. The molecule has 5 rings (SSSR count). The van der Waals surface area contributed by atoms with Crippen LogP contribution in [0, 0.1) is 6.92 Å². The normalized spacial score (nSPS) is 14.8. The van der Waals surface area contributed by atoms with Crippen LogP contribution in [-0.2, 0) is 6.61 Å². The van der Waals surface area contributed by atoms with Gasteiger partial charge in [0.1, 0.15) is 24.3 Å². The number of fused-ring (bicyclic) bond motifs is 1. The fourth-order valence-corrected chi connectivity index (χ4v) is 4.36. The van der Waals surface area contributed by atoms with Crippen LogP contribution in [0.15, 0.2) is 91.0 Å². The van der Waals surface area contributed by atoms with E-state index in [9.17, 15) is 4.79 Å². The minimum Gasteiger partial charge on any atom is -0.496 e. The third-order valence-electron chi connectivity index (χ3n) is 6.07. The minimum atomic E-state index is -0.403. The topological polar surface area (TPSA) is 50.8 Å². The lowest BCUT2D eigenvalue weighted by Gasteiger charge is -2.38. The van der Waals surface area contributed by atoms with Crippen molar-refractivity contribution in [3.63, 3.8) is 0 Å². The molecule has 0 bridgehead atoms. The molecule has 4 aromatic carbocycles. The summed E-state index contributed by atoms with van der Waals surface area (Å²) in [4.78, 5) is 15.5. The molecular weight excluding hydrogens is 460 g/mol. The Morgan fingerprint density at radius 3 is 2.43 bits per heavy atom. The smallest absolute Gasteiger partial charge is 0.262 e. The third kappa shape index (κ3) is 4.68. The molecule has 0 saturated heterocycles. The van der Waals surface area contributed by atoms with Crippen molar-refractivity contribution >= 4 is 28.9 Å². The van der Waals surface area contributed by atoms with Gasteiger partial charge in [0, 0.05) is 22.0 Å². The van der Waals surface area contributed by atoms with Gasteiger partial charge in [-0.2, -0.15) is 0 Å². The van der Waals surface area contributed by atoms with Crippen LogP contribution < -0.4 is 19.7 Å². The van der Waals surface area contributed by atoms with Gasteiger partial charge in [-0.3, -0.25) is 9.69 Å². The predicted octanol–water partition coefficient (Wildman–Crippen LogP) is 7.01. The first kappa shape index (κ1) is 22.8. The first-order valence-electron chi connectivity index (χ1n) is 11.3. The Balaban J connectivity index is 1.52. The molecule has 0 unspecified atom stereocenters. The van der Waals surface area contributed by atoms with E-state index in [-0.39, 0.29) is 5.91 Å². The summed E-state index contributed by atoms with van der Waals surface area (Å²) < 4.78 is 11.6. The summed E-state index contributed by atoms with van der Waals surface area (Å²) in [6.45, 7) is 2.34. The molecule has 0 aromatic heterocycles. The Labute approximate surface area is 209 Å². The predicted molar refractivity (Wildman–Crippen MR) is 140 cm³/mol. The number of methoxy groups -OCH3 is 1. The number of carbonyl (C=O) groups is 1. The van der Waals surface area contributed by atoms with E-state index in [1.165, 1.54) is 0 Å². The SMILES string of the molecule is COc1ccc([C@H]2Nc3ccccc3C(=O)N2c2ccc(C)cc2)cc1COc1ccc(Cl)cc1. The zero-order valence-electron chi connectivity index (χ0n) is 19.5. The molecule has 1 amide bonds. The highest BCUT2D eigenvalue weighted by molar-refractivity contribution is 6.30. The third-order valence-corrected chi connectivity index (χ3v) is 6.32. The Bertz CT molecular complexity index is 1350. The number of carbonyl (C=O) groups excluding carboxylic acids is 1. The van der Waals surface area contributed by atoms with Gasteiger partial charge in [-0.1, -0.05) is 47.5 Å². The quantitative estimate of drug-likeness (QED) is 0.320. The van der Waals surface area contributed by atoms with E-state index in [0.717, 1.165) is 28.1 Å². The summed E-state index contributed by atoms with van der Waals surface area (Å²) in [6, 6.07) is 28.7. The number of amides is 1. The van der Waals surface area contributed by atoms with Gasteiger partial charge in [-0.15, -0.1) is 0 Å². The highest BCUT2D eigenvalue weighted by atomic mass is 35.5. The highest BCUT2D eigenvalue weighted by Gasteiger charge is 2.34. The van der Waals surface area contributed by atoms with Gasteiger partial charge in [0.05, 0.1) is 12.7 Å². The maximum Gasteiger partial charge on any atom is 0.262 e. The summed E-state index contributed by atoms with van der Waals surface area (Å²) in [5.74, 6) is 1.37. The van der Waals surface area contributed by atoms with E-state index in [1.807, 2.05) is 85.8 Å². The number of anilines is 2. The second-order valence-electron chi connectivity index (χ2n) is 8.42. The molecule has 0 fully saturated rings. The fourth-order valence-electron chi connectivity index (χ4n) is 4.23.